The molecule has 104 valence electrons. The van der Waals surface area contributed by atoms with E-state index < -0.39 is 10.0 Å². The van der Waals surface area contributed by atoms with Crippen LogP contribution in [0.4, 0.5) is 5.69 Å². The van der Waals surface area contributed by atoms with E-state index in [9.17, 15) is 8.42 Å². The van der Waals surface area contributed by atoms with Gasteiger partial charge in [-0.2, -0.15) is 4.31 Å². The molecule has 1 aliphatic rings. The molecule has 4 nitrogen and oxygen atoms in total. The largest absolute Gasteiger partial charge is 0.398 e. The van der Waals surface area contributed by atoms with E-state index in [1.807, 2.05) is 31.2 Å². The summed E-state index contributed by atoms with van der Waals surface area (Å²) in [5.74, 6) is 0. The number of nitrogens with two attached hydrogens (primary N) is 1. The van der Waals surface area contributed by atoms with E-state index >= 15 is 0 Å². The first kappa shape index (κ1) is 13.1. The summed E-state index contributed by atoms with van der Waals surface area (Å²) in [6.07, 6.45) is 0. The molecular weight excluding hydrogens is 272 g/mol. The number of anilines is 1. The molecule has 0 unspecified atom stereocenters. The maximum absolute atomic E-state index is 12.6. The van der Waals surface area contributed by atoms with E-state index in [1.165, 1.54) is 10.4 Å². The fourth-order valence-corrected chi connectivity index (χ4v) is 3.83. The van der Waals surface area contributed by atoms with Gasteiger partial charge in [0, 0.05) is 18.8 Å². The first-order chi connectivity index (χ1) is 9.48. The lowest BCUT2D eigenvalue weighted by Gasteiger charge is -2.16. The summed E-state index contributed by atoms with van der Waals surface area (Å²) in [4.78, 5) is 0.258. The molecule has 5 heteroatoms. The Morgan fingerprint density at radius 3 is 2.20 bits per heavy atom. The van der Waals surface area contributed by atoms with Gasteiger partial charge in [-0.25, -0.2) is 8.42 Å². The molecular formula is C15H16N2O2S. The van der Waals surface area contributed by atoms with Crippen molar-refractivity contribution in [2.45, 2.75) is 24.9 Å². The lowest BCUT2D eigenvalue weighted by Crippen LogP contribution is -2.25. The second kappa shape index (κ2) is 4.61. The minimum atomic E-state index is -3.49. The second-order valence-electron chi connectivity index (χ2n) is 5.06. The van der Waals surface area contributed by atoms with Crippen molar-refractivity contribution < 1.29 is 8.42 Å². The molecule has 1 aliphatic heterocycles. The molecule has 0 spiro atoms. The summed E-state index contributed by atoms with van der Waals surface area (Å²) in [5, 5.41) is 0. The number of nitrogens with zero attached hydrogens (tertiary/aromatic N) is 1. The van der Waals surface area contributed by atoms with E-state index in [4.69, 9.17) is 5.73 Å². The van der Waals surface area contributed by atoms with Crippen LogP contribution in [0.3, 0.4) is 0 Å². The SMILES string of the molecule is Cc1ccc(S(=O)(=O)N2Cc3ccccc3C2)cc1N. The highest BCUT2D eigenvalue weighted by molar-refractivity contribution is 7.89. The summed E-state index contributed by atoms with van der Waals surface area (Å²) >= 11 is 0. The smallest absolute Gasteiger partial charge is 0.243 e. The highest BCUT2D eigenvalue weighted by Gasteiger charge is 2.30. The molecule has 0 radical (unpaired) electrons. The predicted molar refractivity (Wildman–Crippen MR) is 78.5 cm³/mol. The van der Waals surface area contributed by atoms with Crippen LogP contribution in [0, 0.1) is 6.92 Å². The van der Waals surface area contributed by atoms with Crippen LogP contribution < -0.4 is 5.73 Å². The number of benzene rings is 2. The monoisotopic (exact) mass is 288 g/mol. The third-order valence-corrected chi connectivity index (χ3v) is 5.49. The molecule has 20 heavy (non-hydrogen) atoms. The summed E-state index contributed by atoms with van der Waals surface area (Å²) in [7, 11) is -3.49. The topological polar surface area (TPSA) is 63.4 Å². The van der Waals surface area contributed by atoms with Crippen molar-refractivity contribution in [3.05, 3.63) is 59.2 Å². The van der Waals surface area contributed by atoms with Crippen LogP contribution in [0.5, 0.6) is 0 Å². The Labute approximate surface area is 118 Å². The Morgan fingerprint density at radius 2 is 1.65 bits per heavy atom. The molecule has 0 fully saturated rings. The molecule has 2 aromatic rings. The van der Waals surface area contributed by atoms with E-state index in [1.54, 1.807) is 12.1 Å². The zero-order valence-corrected chi connectivity index (χ0v) is 12.0. The summed E-state index contributed by atoms with van der Waals surface area (Å²) < 4.78 is 26.8. The first-order valence-electron chi connectivity index (χ1n) is 6.41. The van der Waals surface area contributed by atoms with Gasteiger partial charge < -0.3 is 5.73 Å². The number of nitrogen functional groups attached to an aromatic ring is 1. The highest BCUT2D eigenvalue weighted by Crippen LogP contribution is 2.29. The molecule has 0 aliphatic carbocycles. The van der Waals surface area contributed by atoms with Gasteiger partial charge in [0.15, 0.2) is 0 Å². The molecule has 0 bridgehead atoms. The van der Waals surface area contributed by atoms with Crippen LogP contribution in [-0.2, 0) is 23.1 Å². The van der Waals surface area contributed by atoms with Crippen molar-refractivity contribution in [3.8, 4) is 0 Å². The molecule has 0 amide bonds. The van der Waals surface area contributed by atoms with Crippen molar-refractivity contribution in [2.24, 2.45) is 0 Å². The number of sulfonamides is 1. The van der Waals surface area contributed by atoms with Crippen molar-refractivity contribution in [3.63, 3.8) is 0 Å². The zero-order chi connectivity index (χ0) is 14.3. The lowest BCUT2D eigenvalue weighted by atomic mass is 10.1. The number of aryl methyl sites for hydroxylation is 1. The molecule has 2 N–H and O–H groups in total. The molecule has 3 rings (SSSR count). The Hall–Kier alpha value is -1.85. The standard InChI is InChI=1S/C15H16N2O2S/c1-11-6-7-14(8-15(11)16)20(18,19)17-9-12-4-2-3-5-13(12)10-17/h2-8H,9-10,16H2,1H3. The van der Waals surface area contributed by atoms with E-state index in [-0.39, 0.29) is 4.90 Å². The van der Waals surface area contributed by atoms with Gasteiger partial charge in [0.25, 0.3) is 0 Å². The molecule has 2 aromatic carbocycles. The van der Waals surface area contributed by atoms with Crippen LogP contribution in [0.15, 0.2) is 47.4 Å². The Morgan fingerprint density at radius 1 is 1.05 bits per heavy atom. The normalized spacial score (nSPS) is 15.2. The maximum atomic E-state index is 12.6. The molecule has 0 saturated carbocycles. The van der Waals surface area contributed by atoms with Gasteiger partial charge in [-0.05, 0) is 35.7 Å². The van der Waals surface area contributed by atoms with Gasteiger partial charge in [-0.1, -0.05) is 30.3 Å². The quantitative estimate of drug-likeness (QED) is 0.862. The van der Waals surface area contributed by atoms with Crippen LogP contribution in [0.1, 0.15) is 16.7 Å². The molecule has 0 aromatic heterocycles. The van der Waals surface area contributed by atoms with Gasteiger partial charge in [0.05, 0.1) is 4.90 Å². The lowest BCUT2D eigenvalue weighted by molar-refractivity contribution is 0.431. The minimum Gasteiger partial charge on any atom is -0.398 e. The fourth-order valence-electron chi connectivity index (χ4n) is 2.40. The van der Waals surface area contributed by atoms with Gasteiger partial charge in [-0.15, -0.1) is 0 Å². The number of fused-ring (bicyclic) bond motifs is 1. The zero-order valence-electron chi connectivity index (χ0n) is 11.2. The first-order valence-corrected chi connectivity index (χ1v) is 7.85. The van der Waals surface area contributed by atoms with Crippen LogP contribution in [-0.4, -0.2) is 12.7 Å². The number of hydrogen-bond donors (Lipinski definition) is 1. The van der Waals surface area contributed by atoms with Crippen LogP contribution in [0.2, 0.25) is 0 Å². The van der Waals surface area contributed by atoms with E-state index in [0.29, 0.717) is 18.8 Å². The summed E-state index contributed by atoms with van der Waals surface area (Å²) in [6.45, 7) is 2.70. The summed E-state index contributed by atoms with van der Waals surface area (Å²) in [6, 6.07) is 12.7. The minimum absolute atomic E-state index is 0.258. The average molecular weight is 288 g/mol. The summed E-state index contributed by atoms with van der Waals surface area (Å²) in [5.41, 5.74) is 9.33. The van der Waals surface area contributed by atoms with E-state index in [0.717, 1.165) is 16.7 Å². The number of hydrogen-bond acceptors (Lipinski definition) is 3. The third kappa shape index (κ3) is 2.09. The fraction of sp³-hybridized carbons (Fsp3) is 0.200. The third-order valence-electron chi connectivity index (χ3n) is 3.70. The molecule has 0 atom stereocenters. The van der Waals surface area contributed by atoms with Crippen molar-refractivity contribution in [2.75, 3.05) is 5.73 Å². The van der Waals surface area contributed by atoms with Crippen molar-refractivity contribution >= 4 is 15.7 Å². The van der Waals surface area contributed by atoms with Gasteiger partial charge in [-0.3, -0.25) is 0 Å². The predicted octanol–water partition coefficient (Wildman–Crippen LogP) is 2.28. The van der Waals surface area contributed by atoms with Crippen molar-refractivity contribution in [1.29, 1.82) is 0 Å². The Kier molecular flexibility index (Phi) is 3.03. The van der Waals surface area contributed by atoms with Crippen LogP contribution in [0.25, 0.3) is 0 Å². The van der Waals surface area contributed by atoms with E-state index in [2.05, 4.69) is 0 Å². The molecule has 0 saturated heterocycles. The van der Waals surface area contributed by atoms with Gasteiger partial charge in [0.2, 0.25) is 10.0 Å². The molecule has 1 heterocycles. The average Bonchev–Trinajstić information content (AvgIpc) is 2.86. The van der Waals surface area contributed by atoms with Crippen LogP contribution >= 0.6 is 0 Å². The van der Waals surface area contributed by atoms with Gasteiger partial charge in [0.1, 0.15) is 0 Å². The Bertz CT molecular complexity index is 744. The van der Waals surface area contributed by atoms with Crippen molar-refractivity contribution in [1.82, 2.24) is 4.31 Å². The van der Waals surface area contributed by atoms with Gasteiger partial charge >= 0.3 is 0 Å². The Balaban J connectivity index is 1.96. The second-order valence-corrected chi connectivity index (χ2v) is 7.00. The maximum Gasteiger partial charge on any atom is 0.243 e. The highest BCUT2D eigenvalue weighted by atomic mass is 32.2. The number of rotatable bonds is 2.